The number of nitrogens with one attached hydrogen (secondary N) is 1. The minimum Gasteiger partial charge on any atom is -0.497 e. The van der Waals surface area contributed by atoms with Gasteiger partial charge >= 0.3 is 5.69 Å². The summed E-state index contributed by atoms with van der Waals surface area (Å²) in [6, 6.07) is 12.8. The van der Waals surface area contributed by atoms with Gasteiger partial charge in [0.15, 0.2) is 0 Å². The molecule has 5 nitrogen and oxygen atoms in total. The van der Waals surface area contributed by atoms with Gasteiger partial charge in [0.2, 0.25) is 0 Å². The molecular formula is C15H14N2O3. The molecule has 0 aliphatic carbocycles. The highest BCUT2D eigenvalue weighted by molar-refractivity contribution is 5.79. The van der Waals surface area contributed by atoms with Gasteiger partial charge in [0.1, 0.15) is 11.5 Å². The van der Waals surface area contributed by atoms with Crippen LogP contribution >= 0.6 is 0 Å². The zero-order valence-electron chi connectivity index (χ0n) is 11.2. The fourth-order valence-corrected chi connectivity index (χ4v) is 2.21. The number of imidazole rings is 1. The zero-order chi connectivity index (χ0) is 14.1. The molecule has 3 aromatic rings. The predicted molar refractivity (Wildman–Crippen MR) is 77.0 cm³/mol. The monoisotopic (exact) mass is 270 g/mol. The molecule has 0 spiro atoms. The van der Waals surface area contributed by atoms with E-state index in [1.54, 1.807) is 24.9 Å². The second-order valence-electron chi connectivity index (χ2n) is 4.35. The molecule has 0 aliphatic heterocycles. The highest BCUT2D eigenvalue weighted by Gasteiger charge is 2.09. The van der Waals surface area contributed by atoms with Crippen molar-refractivity contribution in [2.24, 2.45) is 0 Å². The second-order valence-corrected chi connectivity index (χ2v) is 4.35. The van der Waals surface area contributed by atoms with Crippen molar-refractivity contribution in [2.45, 2.75) is 0 Å². The van der Waals surface area contributed by atoms with E-state index in [-0.39, 0.29) is 5.69 Å². The average molecular weight is 270 g/mol. The van der Waals surface area contributed by atoms with Crippen LogP contribution in [0.3, 0.4) is 0 Å². The van der Waals surface area contributed by atoms with E-state index in [0.717, 1.165) is 22.5 Å². The molecule has 0 unspecified atom stereocenters. The second kappa shape index (κ2) is 4.77. The number of ether oxygens (including phenoxy) is 2. The van der Waals surface area contributed by atoms with Gasteiger partial charge in [0.05, 0.1) is 30.9 Å². The third-order valence-corrected chi connectivity index (χ3v) is 3.22. The molecule has 102 valence electrons. The third kappa shape index (κ3) is 1.93. The first-order chi connectivity index (χ1) is 9.72. The minimum absolute atomic E-state index is 0.182. The van der Waals surface area contributed by atoms with Gasteiger partial charge in [-0.25, -0.2) is 4.79 Å². The fraction of sp³-hybridized carbons (Fsp3) is 0.133. The maximum Gasteiger partial charge on any atom is 0.331 e. The van der Waals surface area contributed by atoms with E-state index in [4.69, 9.17) is 9.47 Å². The van der Waals surface area contributed by atoms with E-state index in [2.05, 4.69) is 4.98 Å². The van der Waals surface area contributed by atoms with Crippen molar-refractivity contribution in [3.05, 3.63) is 52.9 Å². The summed E-state index contributed by atoms with van der Waals surface area (Å²) in [5.41, 5.74) is 2.15. The van der Waals surface area contributed by atoms with Crippen molar-refractivity contribution in [1.82, 2.24) is 9.55 Å². The van der Waals surface area contributed by atoms with Crippen LogP contribution in [0.2, 0.25) is 0 Å². The van der Waals surface area contributed by atoms with Crippen molar-refractivity contribution in [1.29, 1.82) is 0 Å². The molecule has 0 amide bonds. The molecule has 0 saturated heterocycles. The fourth-order valence-electron chi connectivity index (χ4n) is 2.21. The highest BCUT2D eigenvalue weighted by atomic mass is 16.5. The van der Waals surface area contributed by atoms with Gasteiger partial charge in [0, 0.05) is 6.07 Å². The Labute approximate surface area is 115 Å². The van der Waals surface area contributed by atoms with Gasteiger partial charge in [-0.05, 0) is 36.4 Å². The predicted octanol–water partition coefficient (Wildman–Crippen LogP) is 2.34. The van der Waals surface area contributed by atoms with Gasteiger partial charge in [-0.1, -0.05) is 0 Å². The Morgan fingerprint density at radius 3 is 2.25 bits per heavy atom. The summed E-state index contributed by atoms with van der Waals surface area (Å²) in [7, 11) is 3.21. The normalized spacial score (nSPS) is 10.7. The van der Waals surface area contributed by atoms with Crippen molar-refractivity contribution in [2.75, 3.05) is 14.2 Å². The number of aromatic amines is 1. The first kappa shape index (κ1) is 12.3. The van der Waals surface area contributed by atoms with Gasteiger partial charge < -0.3 is 14.5 Å². The average Bonchev–Trinajstić information content (AvgIpc) is 2.82. The molecule has 1 heterocycles. The molecule has 0 aliphatic rings. The SMILES string of the molecule is COc1ccc(-n2c(=O)[nH]c3cc(OC)ccc32)cc1. The Balaban J connectivity index is 2.19. The van der Waals surface area contributed by atoms with Crippen LogP contribution in [-0.4, -0.2) is 23.8 Å². The number of hydrogen-bond acceptors (Lipinski definition) is 3. The van der Waals surface area contributed by atoms with Gasteiger partial charge in [0.25, 0.3) is 0 Å². The molecule has 5 heteroatoms. The number of rotatable bonds is 3. The molecule has 3 rings (SSSR count). The van der Waals surface area contributed by atoms with Crippen LogP contribution in [0.5, 0.6) is 11.5 Å². The van der Waals surface area contributed by atoms with E-state index in [9.17, 15) is 4.79 Å². The summed E-state index contributed by atoms with van der Waals surface area (Å²) in [5, 5.41) is 0. The Hall–Kier alpha value is -2.69. The number of nitrogens with zero attached hydrogens (tertiary/aromatic N) is 1. The number of hydrogen-bond donors (Lipinski definition) is 1. The van der Waals surface area contributed by atoms with Crippen LogP contribution in [0.1, 0.15) is 0 Å². The summed E-state index contributed by atoms with van der Waals surface area (Å²) < 4.78 is 11.9. The van der Waals surface area contributed by atoms with Crippen LogP contribution in [0.25, 0.3) is 16.7 Å². The molecule has 0 atom stereocenters. The first-order valence-corrected chi connectivity index (χ1v) is 6.16. The molecule has 1 N–H and O–H groups in total. The zero-order valence-corrected chi connectivity index (χ0v) is 11.2. The summed E-state index contributed by atoms with van der Waals surface area (Å²) in [4.78, 5) is 15.0. The number of benzene rings is 2. The van der Waals surface area contributed by atoms with Gasteiger partial charge in [-0.15, -0.1) is 0 Å². The molecule has 0 radical (unpaired) electrons. The van der Waals surface area contributed by atoms with Crippen molar-refractivity contribution < 1.29 is 9.47 Å². The minimum atomic E-state index is -0.182. The smallest absolute Gasteiger partial charge is 0.331 e. The van der Waals surface area contributed by atoms with Crippen LogP contribution in [-0.2, 0) is 0 Å². The van der Waals surface area contributed by atoms with Gasteiger partial charge in [-0.2, -0.15) is 0 Å². The van der Waals surface area contributed by atoms with E-state index < -0.39 is 0 Å². The van der Waals surface area contributed by atoms with E-state index in [1.807, 2.05) is 36.4 Å². The summed E-state index contributed by atoms with van der Waals surface area (Å²) in [6.45, 7) is 0. The lowest BCUT2D eigenvalue weighted by Crippen LogP contribution is -2.14. The quantitative estimate of drug-likeness (QED) is 0.794. The standard InChI is InChI=1S/C15H14N2O3/c1-19-11-5-3-10(4-6-11)17-14-8-7-12(20-2)9-13(14)16-15(17)18/h3-9H,1-2H3,(H,16,18). The largest absolute Gasteiger partial charge is 0.497 e. The van der Waals surface area contributed by atoms with E-state index in [0.29, 0.717) is 5.75 Å². The third-order valence-electron chi connectivity index (χ3n) is 3.22. The van der Waals surface area contributed by atoms with Crippen molar-refractivity contribution >= 4 is 11.0 Å². The Morgan fingerprint density at radius 1 is 0.950 bits per heavy atom. The maximum atomic E-state index is 12.1. The summed E-state index contributed by atoms with van der Waals surface area (Å²) in [5.74, 6) is 1.46. The molecule has 2 aromatic carbocycles. The Bertz CT molecular complexity index is 800. The molecule has 0 fully saturated rings. The first-order valence-electron chi connectivity index (χ1n) is 6.16. The van der Waals surface area contributed by atoms with Crippen LogP contribution in [0, 0.1) is 0 Å². The van der Waals surface area contributed by atoms with Gasteiger partial charge in [-0.3, -0.25) is 4.57 Å². The molecule has 0 saturated carbocycles. The van der Waals surface area contributed by atoms with Crippen molar-refractivity contribution in [3.8, 4) is 17.2 Å². The lowest BCUT2D eigenvalue weighted by molar-refractivity contribution is 0.414. The lowest BCUT2D eigenvalue weighted by atomic mass is 10.2. The van der Waals surface area contributed by atoms with E-state index >= 15 is 0 Å². The number of fused-ring (bicyclic) bond motifs is 1. The number of aromatic nitrogens is 2. The lowest BCUT2D eigenvalue weighted by Gasteiger charge is -2.05. The Kier molecular flexibility index (Phi) is 2.95. The molecule has 0 bridgehead atoms. The highest BCUT2D eigenvalue weighted by Crippen LogP contribution is 2.21. The number of H-pyrrole nitrogens is 1. The summed E-state index contributed by atoms with van der Waals surface area (Å²) >= 11 is 0. The molecule has 1 aromatic heterocycles. The van der Waals surface area contributed by atoms with Crippen LogP contribution < -0.4 is 15.2 Å². The molecule has 20 heavy (non-hydrogen) atoms. The van der Waals surface area contributed by atoms with Crippen LogP contribution in [0.15, 0.2) is 47.3 Å². The Morgan fingerprint density at radius 2 is 1.60 bits per heavy atom. The molecular weight excluding hydrogens is 256 g/mol. The topological polar surface area (TPSA) is 56.2 Å². The summed E-state index contributed by atoms with van der Waals surface area (Å²) in [6.07, 6.45) is 0. The number of methoxy groups -OCH3 is 2. The maximum absolute atomic E-state index is 12.1. The van der Waals surface area contributed by atoms with Crippen molar-refractivity contribution in [3.63, 3.8) is 0 Å². The van der Waals surface area contributed by atoms with E-state index in [1.165, 1.54) is 0 Å². The van der Waals surface area contributed by atoms with Crippen LogP contribution in [0.4, 0.5) is 0 Å².